The van der Waals surface area contributed by atoms with Gasteiger partial charge in [-0.3, -0.25) is 0 Å². The van der Waals surface area contributed by atoms with E-state index >= 15 is 0 Å². The van der Waals surface area contributed by atoms with Gasteiger partial charge in [-0.05, 0) is 44.9 Å². The van der Waals surface area contributed by atoms with Gasteiger partial charge in [0.05, 0.1) is 13.2 Å². The molecular formula is C15H25NO2. The highest BCUT2D eigenvalue weighted by atomic mass is 16.5. The molecule has 1 atom stereocenters. The zero-order valence-electron chi connectivity index (χ0n) is 11.7. The predicted octanol–water partition coefficient (Wildman–Crippen LogP) is 2.43. The predicted molar refractivity (Wildman–Crippen MR) is 75.2 cm³/mol. The van der Waals surface area contributed by atoms with Crippen molar-refractivity contribution in [2.45, 2.75) is 39.7 Å². The molecule has 1 aromatic rings. The Labute approximate surface area is 110 Å². The van der Waals surface area contributed by atoms with E-state index in [-0.39, 0.29) is 12.6 Å². The summed E-state index contributed by atoms with van der Waals surface area (Å²) in [7, 11) is 0. The van der Waals surface area contributed by atoms with Gasteiger partial charge in [-0.1, -0.05) is 24.6 Å². The van der Waals surface area contributed by atoms with Crippen molar-refractivity contribution in [2.24, 2.45) is 0 Å². The van der Waals surface area contributed by atoms with Crippen LogP contribution in [0.4, 0.5) is 0 Å². The highest BCUT2D eigenvalue weighted by Gasteiger charge is 2.06. The number of aliphatic hydroxyl groups excluding tert-OH is 1. The Balaban J connectivity index is 2.35. The molecule has 0 bridgehead atoms. The third-order valence-corrected chi connectivity index (χ3v) is 2.96. The van der Waals surface area contributed by atoms with Gasteiger partial charge in [0, 0.05) is 6.04 Å². The molecule has 3 heteroatoms. The molecule has 0 amide bonds. The minimum atomic E-state index is 0.135. The number of aryl methyl sites for hydroxylation is 2. The van der Waals surface area contributed by atoms with Crippen LogP contribution in [0.1, 0.15) is 30.9 Å². The van der Waals surface area contributed by atoms with Crippen molar-refractivity contribution in [3.8, 4) is 5.75 Å². The average Bonchev–Trinajstić information content (AvgIpc) is 2.36. The fourth-order valence-electron chi connectivity index (χ4n) is 1.88. The fourth-order valence-corrected chi connectivity index (χ4v) is 1.88. The SMILES string of the molecule is CCCNC(CO)CCOc1ccc(C)cc1C. The van der Waals surface area contributed by atoms with E-state index in [1.165, 1.54) is 5.56 Å². The molecule has 1 rings (SSSR count). The zero-order chi connectivity index (χ0) is 13.4. The highest BCUT2D eigenvalue weighted by molar-refractivity contribution is 5.35. The summed E-state index contributed by atoms with van der Waals surface area (Å²) in [5, 5.41) is 12.5. The van der Waals surface area contributed by atoms with Crippen LogP contribution in [0.2, 0.25) is 0 Å². The van der Waals surface area contributed by atoms with Crippen LogP contribution >= 0.6 is 0 Å². The van der Waals surface area contributed by atoms with Gasteiger partial charge < -0.3 is 15.2 Å². The van der Waals surface area contributed by atoms with Crippen molar-refractivity contribution in [3.05, 3.63) is 29.3 Å². The molecule has 0 aromatic heterocycles. The maximum atomic E-state index is 9.22. The third kappa shape index (κ3) is 5.07. The van der Waals surface area contributed by atoms with Gasteiger partial charge in [-0.2, -0.15) is 0 Å². The zero-order valence-corrected chi connectivity index (χ0v) is 11.7. The first-order valence-corrected chi connectivity index (χ1v) is 6.71. The van der Waals surface area contributed by atoms with Gasteiger partial charge in [-0.15, -0.1) is 0 Å². The minimum Gasteiger partial charge on any atom is -0.493 e. The molecule has 0 radical (unpaired) electrons. The molecule has 1 unspecified atom stereocenters. The Hall–Kier alpha value is -1.06. The molecule has 2 N–H and O–H groups in total. The number of ether oxygens (including phenoxy) is 1. The van der Waals surface area contributed by atoms with Crippen molar-refractivity contribution in [1.82, 2.24) is 5.32 Å². The van der Waals surface area contributed by atoms with Crippen molar-refractivity contribution in [3.63, 3.8) is 0 Å². The van der Waals surface area contributed by atoms with Gasteiger partial charge in [-0.25, -0.2) is 0 Å². The van der Waals surface area contributed by atoms with Gasteiger partial charge in [0.1, 0.15) is 5.75 Å². The second-order valence-corrected chi connectivity index (χ2v) is 4.74. The maximum Gasteiger partial charge on any atom is 0.122 e. The molecule has 0 fully saturated rings. The number of aliphatic hydroxyl groups is 1. The van der Waals surface area contributed by atoms with Crippen LogP contribution in [0.25, 0.3) is 0 Å². The van der Waals surface area contributed by atoms with Crippen LogP contribution in [0, 0.1) is 13.8 Å². The first kappa shape index (κ1) is 15.0. The molecule has 0 aliphatic heterocycles. The Morgan fingerprint density at radius 2 is 2.11 bits per heavy atom. The van der Waals surface area contributed by atoms with E-state index in [1.807, 2.05) is 6.07 Å². The second-order valence-electron chi connectivity index (χ2n) is 4.74. The maximum absolute atomic E-state index is 9.22. The molecule has 0 saturated carbocycles. The van der Waals surface area contributed by atoms with Crippen LogP contribution in [-0.4, -0.2) is 30.9 Å². The van der Waals surface area contributed by atoms with Crippen LogP contribution in [-0.2, 0) is 0 Å². The number of rotatable bonds is 8. The monoisotopic (exact) mass is 251 g/mol. The van der Waals surface area contributed by atoms with E-state index in [9.17, 15) is 5.11 Å². The second kappa shape index (κ2) is 8.11. The smallest absolute Gasteiger partial charge is 0.122 e. The van der Waals surface area contributed by atoms with Crippen molar-refractivity contribution in [2.75, 3.05) is 19.8 Å². The summed E-state index contributed by atoms with van der Waals surface area (Å²) < 4.78 is 5.75. The number of hydrogen-bond acceptors (Lipinski definition) is 3. The summed E-state index contributed by atoms with van der Waals surface area (Å²) in [6.07, 6.45) is 1.90. The van der Waals surface area contributed by atoms with E-state index in [4.69, 9.17) is 4.74 Å². The van der Waals surface area contributed by atoms with E-state index in [0.717, 1.165) is 30.7 Å². The summed E-state index contributed by atoms with van der Waals surface area (Å²) in [5.41, 5.74) is 2.41. The molecule has 0 aliphatic carbocycles. The molecule has 0 heterocycles. The molecular weight excluding hydrogens is 226 g/mol. The molecule has 0 saturated heterocycles. The van der Waals surface area contributed by atoms with Crippen LogP contribution in [0.15, 0.2) is 18.2 Å². The van der Waals surface area contributed by atoms with E-state index in [1.54, 1.807) is 0 Å². The Bertz CT molecular complexity index is 352. The summed E-state index contributed by atoms with van der Waals surface area (Å²) in [6.45, 7) is 7.99. The van der Waals surface area contributed by atoms with Crippen LogP contribution < -0.4 is 10.1 Å². The van der Waals surface area contributed by atoms with Gasteiger partial charge >= 0.3 is 0 Å². The first-order chi connectivity index (χ1) is 8.67. The molecule has 102 valence electrons. The fraction of sp³-hybridized carbons (Fsp3) is 0.600. The van der Waals surface area contributed by atoms with Crippen LogP contribution in [0.3, 0.4) is 0 Å². The van der Waals surface area contributed by atoms with E-state index < -0.39 is 0 Å². The Morgan fingerprint density at radius 1 is 1.33 bits per heavy atom. The highest BCUT2D eigenvalue weighted by Crippen LogP contribution is 2.18. The summed E-state index contributed by atoms with van der Waals surface area (Å²) >= 11 is 0. The quantitative estimate of drug-likeness (QED) is 0.745. The van der Waals surface area contributed by atoms with Gasteiger partial charge in [0.15, 0.2) is 0 Å². The normalized spacial score (nSPS) is 12.4. The number of nitrogens with one attached hydrogen (secondary N) is 1. The average molecular weight is 251 g/mol. The molecule has 0 aliphatic rings. The Morgan fingerprint density at radius 3 is 2.72 bits per heavy atom. The topological polar surface area (TPSA) is 41.5 Å². The molecule has 1 aromatic carbocycles. The molecule has 3 nitrogen and oxygen atoms in total. The first-order valence-electron chi connectivity index (χ1n) is 6.71. The van der Waals surface area contributed by atoms with Crippen molar-refractivity contribution >= 4 is 0 Å². The van der Waals surface area contributed by atoms with Crippen molar-refractivity contribution < 1.29 is 9.84 Å². The molecule has 0 spiro atoms. The largest absolute Gasteiger partial charge is 0.493 e. The lowest BCUT2D eigenvalue weighted by atomic mass is 10.1. The summed E-state index contributed by atoms with van der Waals surface area (Å²) in [6, 6.07) is 6.32. The van der Waals surface area contributed by atoms with E-state index in [0.29, 0.717) is 6.61 Å². The molecule has 18 heavy (non-hydrogen) atoms. The minimum absolute atomic E-state index is 0.135. The van der Waals surface area contributed by atoms with E-state index in [2.05, 4.69) is 38.2 Å². The van der Waals surface area contributed by atoms with Crippen molar-refractivity contribution in [1.29, 1.82) is 0 Å². The standard InChI is InChI=1S/C15H25NO2/c1-4-8-16-14(11-17)7-9-18-15-6-5-12(2)10-13(15)3/h5-6,10,14,16-17H,4,7-9,11H2,1-3H3. The summed E-state index contributed by atoms with van der Waals surface area (Å²) in [4.78, 5) is 0. The number of benzene rings is 1. The summed E-state index contributed by atoms with van der Waals surface area (Å²) in [5.74, 6) is 0.938. The third-order valence-electron chi connectivity index (χ3n) is 2.96. The van der Waals surface area contributed by atoms with Gasteiger partial charge in [0.2, 0.25) is 0 Å². The Kier molecular flexibility index (Phi) is 6.76. The van der Waals surface area contributed by atoms with Crippen LogP contribution in [0.5, 0.6) is 5.75 Å². The van der Waals surface area contributed by atoms with Gasteiger partial charge in [0.25, 0.3) is 0 Å². The number of hydrogen-bond donors (Lipinski definition) is 2. The lowest BCUT2D eigenvalue weighted by Crippen LogP contribution is -2.34. The lowest BCUT2D eigenvalue weighted by molar-refractivity contribution is 0.208. The lowest BCUT2D eigenvalue weighted by Gasteiger charge is -2.16.